The largest absolute Gasteiger partial charge is 0.393 e. The first-order valence-corrected chi connectivity index (χ1v) is 7.28. The van der Waals surface area contributed by atoms with Crippen molar-refractivity contribution in [3.63, 3.8) is 0 Å². The second kappa shape index (κ2) is 6.17. The van der Waals surface area contributed by atoms with Gasteiger partial charge in [-0.25, -0.2) is 0 Å². The standard InChI is InChI=1S/C14H28N2O/c1-11(12-4-3-9-16(2)10-12)15-13-5-7-14(17)8-6-13/h11-15,17H,3-10H2,1-2H3. The predicted molar refractivity (Wildman–Crippen MR) is 71.1 cm³/mol. The molecule has 2 unspecified atom stereocenters. The quantitative estimate of drug-likeness (QED) is 0.787. The summed E-state index contributed by atoms with van der Waals surface area (Å²) in [7, 11) is 2.23. The maximum Gasteiger partial charge on any atom is 0.0541 e. The Morgan fingerprint density at radius 3 is 2.53 bits per heavy atom. The summed E-state index contributed by atoms with van der Waals surface area (Å²) in [5.41, 5.74) is 0. The number of hydrogen-bond donors (Lipinski definition) is 2. The lowest BCUT2D eigenvalue weighted by molar-refractivity contribution is 0.107. The van der Waals surface area contributed by atoms with Gasteiger partial charge in [0, 0.05) is 18.6 Å². The van der Waals surface area contributed by atoms with E-state index in [4.69, 9.17) is 0 Å². The van der Waals surface area contributed by atoms with Gasteiger partial charge in [-0.2, -0.15) is 0 Å². The number of aliphatic hydroxyl groups excluding tert-OH is 1. The highest BCUT2D eigenvalue weighted by Crippen LogP contribution is 2.22. The Balaban J connectivity index is 1.74. The van der Waals surface area contributed by atoms with Gasteiger partial charge in [-0.3, -0.25) is 0 Å². The molecule has 0 bridgehead atoms. The summed E-state index contributed by atoms with van der Waals surface area (Å²) in [6, 6.07) is 1.26. The molecule has 100 valence electrons. The van der Waals surface area contributed by atoms with E-state index in [9.17, 15) is 5.11 Å². The minimum absolute atomic E-state index is 0.0378. The summed E-state index contributed by atoms with van der Waals surface area (Å²) in [6.07, 6.45) is 6.93. The van der Waals surface area contributed by atoms with Crippen LogP contribution in [0.5, 0.6) is 0 Å². The normalized spacial score (nSPS) is 37.9. The molecule has 17 heavy (non-hydrogen) atoms. The lowest BCUT2D eigenvalue weighted by atomic mass is 9.88. The molecule has 1 heterocycles. The molecule has 0 spiro atoms. The summed E-state index contributed by atoms with van der Waals surface area (Å²) >= 11 is 0. The monoisotopic (exact) mass is 240 g/mol. The first-order chi connectivity index (χ1) is 8.15. The van der Waals surface area contributed by atoms with Crippen LogP contribution in [0, 0.1) is 5.92 Å². The molecule has 2 atom stereocenters. The topological polar surface area (TPSA) is 35.5 Å². The van der Waals surface area contributed by atoms with Crippen molar-refractivity contribution in [1.82, 2.24) is 10.2 Å². The molecule has 2 N–H and O–H groups in total. The van der Waals surface area contributed by atoms with Crippen molar-refractivity contribution in [3.05, 3.63) is 0 Å². The third-order valence-corrected chi connectivity index (χ3v) is 4.56. The third kappa shape index (κ3) is 3.94. The molecule has 2 fully saturated rings. The van der Waals surface area contributed by atoms with E-state index in [1.165, 1.54) is 25.9 Å². The highest BCUT2D eigenvalue weighted by molar-refractivity contribution is 4.84. The summed E-state index contributed by atoms with van der Waals surface area (Å²) in [4.78, 5) is 2.46. The molecular formula is C14H28N2O. The second-order valence-corrected chi connectivity index (χ2v) is 6.13. The van der Waals surface area contributed by atoms with Crippen molar-refractivity contribution in [2.75, 3.05) is 20.1 Å². The molecule has 0 amide bonds. The molecule has 3 nitrogen and oxygen atoms in total. The molecule has 0 aromatic carbocycles. The first kappa shape index (κ1) is 13.3. The molecule has 2 aliphatic rings. The maximum absolute atomic E-state index is 9.51. The zero-order valence-corrected chi connectivity index (χ0v) is 11.4. The Hall–Kier alpha value is -0.120. The van der Waals surface area contributed by atoms with Crippen LogP contribution < -0.4 is 5.32 Å². The van der Waals surface area contributed by atoms with E-state index in [0.29, 0.717) is 12.1 Å². The number of likely N-dealkylation sites (tertiary alicyclic amines) is 1. The molecule has 1 aliphatic heterocycles. The minimum Gasteiger partial charge on any atom is -0.393 e. The molecule has 0 aromatic rings. The molecule has 0 aromatic heterocycles. The number of aliphatic hydroxyl groups is 1. The summed E-state index contributed by atoms with van der Waals surface area (Å²) in [5, 5.41) is 13.3. The second-order valence-electron chi connectivity index (χ2n) is 6.13. The minimum atomic E-state index is -0.0378. The average molecular weight is 240 g/mol. The Kier molecular flexibility index (Phi) is 4.83. The molecule has 0 radical (unpaired) electrons. The van der Waals surface area contributed by atoms with E-state index < -0.39 is 0 Å². The molecule has 1 saturated carbocycles. The van der Waals surface area contributed by atoms with Gasteiger partial charge in [0.2, 0.25) is 0 Å². The summed E-state index contributed by atoms with van der Waals surface area (Å²) < 4.78 is 0. The Labute approximate surface area is 106 Å². The number of hydrogen-bond acceptors (Lipinski definition) is 3. The van der Waals surface area contributed by atoms with Gasteiger partial charge in [-0.15, -0.1) is 0 Å². The molecule has 2 rings (SSSR count). The first-order valence-electron chi connectivity index (χ1n) is 7.28. The van der Waals surface area contributed by atoms with Crippen molar-refractivity contribution < 1.29 is 5.11 Å². The van der Waals surface area contributed by atoms with Gasteiger partial charge in [-0.1, -0.05) is 0 Å². The predicted octanol–water partition coefficient (Wildman–Crippen LogP) is 1.61. The number of piperidine rings is 1. The fourth-order valence-corrected chi connectivity index (χ4v) is 3.36. The SMILES string of the molecule is CC(NC1CCC(O)CC1)C1CCCN(C)C1. The van der Waals surface area contributed by atoms with Crippen LogP contribution in [0.2, 0.25) is 0 Å². The van der Waals surface area contributed by atoms with E-state index in [2.05, 4.69) is 24.2 Å². The molecular weight excluding hydrogens is 212 g/mol. The fourth-order valence-electron chi connectivity index (χ4n) is 3.36. The van der Waals surface area contributed by atoms with Crippen LogP contribution in [0.25, 0.3) is 0 Å². The molecule has 1 aliphatic carbocycles. The van der Waals surface area contributed by atoms with Crippen molar-refractivity contribution in [3.8, 4) is 0 Å². The van der Waals surface area contributed by atoms with Gasteiger partial charge >= 0.3 is 0 Å². The Morgan fingerprint density at radius 2 is 1.88 bits per heavy atom. The van der Waals surface area contributed by atoms with Crippen LogP contribution in [0.1, 0.15) is 45.4 Å². The van der Waals surface area contributed by atoms with Gasteiger partial charge in [0.15, 0.2) is 0 Å². The number of rotatable bonds is 3. The number of nitrogens with zero attached hydrogens (tertiary/aromatic N) is 1. The van der Waals surface area contributed by atoms with Gasteiger partial charge in [-0.05, 0) is 65.0 Å². The van der Waals surface area contributed by atoms with Gasteiger partial charge in [0.25, 0.3) is 0 Å². The summed E-state index contributed by atoms with van der Waals surface area (Å²) in [6.45, 7) is 4.84. The molecule has 1 saturated heterocycles. The Morgan fingerprint density at radius 1 is 1.18 bits per heavy atom. The lowest BCUT2D eigenvalue weighted by Gasteiger charge is -2.37. The third-order valence-electron chi connectivity index (χ3n) is 4.56. The average Bonchev–Trinajstić information content (AvgIpc) is 2.32. The van der Waals surface area contributed by atoms with Gasteiger partial charge in [0.1, 0.15) is 0 Å². The van der Waals surface area contributed by atoms with Crippen LogP contribution in [0.4, 0.5) is 0 Å². The van der Waals surface area contributed by atoms with Crippen molar-refractivity contribution in [2.45, 2.75) is 63.6 Å². The van der Waals surface area contributed by atoms with Crippen LogP contribution in [0.3, 0.4) is 0 Å². The van der Waals surface area contributed by atoms with E-state index in [0.717, 1.165) is 31.6 Å². The molecule has 3 heteroatoms. The highest BCUT2D eigenvalue weighted by Gasteiger charge is 2.26. The van der Waals surface area contributed by atoms with E-state index in [1.54, 1.807) is 0 Å². The number of nitrogens with one attached hydrogen (secondary N) is 1. The zero-order valence-electron chi connectivity index (χ0n) is 11.4. The van der Waals surface area contributed by atoms with Crippen LogP contribution in [-0.4, -0.2) is 48.3 Å². The van der Waals surface area contributed by atoms with Crippen molar-refractivity contribution in [1.29, 1.82) is 0 Å². The fraction of sp³-hybridized carbons (Fsp3) is 1.00. The maximum atomic E-state index is 9.51. The van der Waals surface area contributed by atoms with E-state index in [-0.39, 0.29) is 6.10 Å². The lowest BCUT2D eigenvalue weighted by Crippen LogP contribution is -2.47. The van der Waals surface area contributed by atoms with Crippen LogP contribution >= 0.6 is 0 Å². The zero-order chi connectivity index (χ0) is 12.3. The Bertz CT molecular complexity index is 226. The van der Waals surface area contributed by atoms with E-state index in [1.807, 2.05) is 0 Å². The van der Waals surface area contributed by atoms with Gasteiger partial charge < -0.3 is 15.3 Å². The van der Waals surface area contributed by atoms with Crippen molar-refractivity contribution >= 4 is 0 Å². The highest BCUT2D eigenvalue weighted by atomic mass is 16.3. The van der Waals surface area contributed by atoms with Gasteiger partial charge in [0.05, 0.1) is 6.10 Å². The van der Waals surface area contributed by atoms with Crippen LogP contribution in [-0.2, 0) is 0 Å². The van der Waals surface area contributed by atoms with Crippen molar-refractivity contribution in [2.24, 2.45) is 5.92 Å². The smallest absolute Gasteiger partial charge is 0.0541 e. The van der Waals surface area contributed by atoms with Crippen LogP contribution in [0.15, 0.2) is 0 Å². The van der Waals surface area contributed by atoms with E-state index >= 15 is 0 Å². The summed E-state index contributed by atoms with van der Waals surface area (Å²) in [5.74, 6) is 0.806.